The van der Waals surface area contributed by atoms with E-state index in [-0.39, 0.29) is 11.9 Å². The van der Waals surface area contributed by atoms with Gasteiger partial charge in [-0.25, -0.2) is 0 Å². The molecule has 2 aliphatic rings. The molecule has 0 aliphatic carbocycles. The molecular weight excluding hydrogens is 308 g/mol. The summed E-state index contributed by atoms with van der Waals surface area (Å²) in [7, 11) is -0.378. The summed E-state index contributed by atoms with van der Waals surface area (Å²) in [6, 6.07) is -0.0195. The van der Waals surface area contributed by atoms with Gasteiger partial charge in [0.1, 0.15) is 0 Å². The number of rotatable bonds is 6. The zero-order valence-corrected chi connectivity index (χ0v) is 14.1. The van der Waals surface area contributed by atoms with Crippen LogP contribution >= 0.6 is 0 Å². The summed E-state index contributed by atoms with van der Waals surface area (Å²) in [5.74, 6) is 0.0586. The Hall–Kier alpha value is -0.740. The van der Waals surface area contributed by atoms with Gasteiger partial charge in [0.15, 0.2) is 0 Å². The highest BCUT2D eigenvalue weighted by atomic mass is 32.2. The largest absolute Gasteiger partial charge is 0.383 e. The molecular formula is C13H26N4O4S. The predicted molar refractivity (Wildman–Crippen MR) is 82.6 cm³/mol. The van der Waals surface area contributed by atoms with Gasteiger partial charge in [-0.05, 0) is 12.8 Å². The minimum atomic E-state index is -3.49. The van der Waals surface area contributed by atoms with Gasteiger partial charge < -0.3 is 15.0 Å². The van der Waals surface area contributed by atoms with E-state index in [1.165, 1.54) is 8.61 Å². The van der Waals surface area contributed by atoms with Gasteiger partial charge in [0, 0.05) is 52.9 Å². The van der Waals surface area contributed by atoms with E-state index in [9.17, 15) is 13.2 Å². The first-order chi connectivity index (χ1) is 10.5. The van der Waals surface area contributed by atoms with Crippen molar-refractivity contribution < 1.29 is 17.9 Å². The van der Waals surface area contributed by atoms with Crippen LogP contribution in [0, 0.1) is 0 Å². The van der Waals surface area contributed by atoms with Crippen molar-refractivity contribution in [3.05, 3.63) is 0 Å². The second-order valence-corrected chi connectivity index (χ2v) is 7.78. The molecule has 2 rings (SSSR count). The summed E-state index contributed by atoms with van der Waals surface area (Å²) >= 11 is 0. The smallest absolute Gasteiger partial charge is 0.281 e. The molecule has 2 saturated heterocycles. The molecule has 0 spiro atoms. The van der Waals surface area contributed by atoms with Crippen molar-refractivity contribution in [3.63, 3.8) is 0 Å². The Labute approximate surface area is 132 Å². The van der Waals surface area contributed by atoms with Crippen LogP contribution in [0.4, 0.5) is 0 Å². The molecule has 22 heavy (non-hydrogen) atoms. The monoisotopic (exact) mass is 334 g/mol. The average molecular weight is 334 g/mol. The summed E-state index contributed by atoms with van der Waals surface area (Å²) in [5.41, 5.74) is 0. The first kappa shape index (κ1) is 17.6. The van der Waals surface area contributed by atoms with E-state index in [0.717, 1.165) is 19.4 Å². The van der Waals surface area contributed by atoms with Crippen molar-refractivity contribution in [2.24, 2.45) is 0 Å². The van der Waals surface area contributed by atoms with Gasteiger partial charge >= 0.3 is 0 Å². The number of piperidine rings is 1. The fourth-order valence-electron chi connectivity index (χ4n) is 2.92. The predicted octanol–water partition coefficient (Wildman–Crippen LogP) is -1.29. The van der Waals surface area contributed by atoms with Crippen LogP contribution in [0.5, 0.6) is 0 Å². The third-order valence-corrected chi connectivity index (χ3v) is 6.21. The number of carbonyl (C=O) groups is 1. The van der Waals surface area contributed by atoms with Crippen LogP contribution < -0.4 is 5.32 Å². The van der Waals surface area contributed by atoms with Crippen molar-refractivity contribution in [2.75, 3.05) is 60.0 Å². The molecule has 1 atom stereocenters. The quantitative estimate of drug-likeness (QED) is 0.653. The number of piperazine rings is 1. The second-order valence-electron chi connectivity index (χ2n) is 5.74. The lowest BCUT2D eigenvalue weighted by molar-refractivity contribution is -0.135. The van der Waals surface area contributed by atoms with Gasteiger partial charge in [0.25, 0.3) is 10.2 Å². The van der Waals surface area contributed by atoms with Crippen LogP contribution in [0.25, 0.3) is 0 Å². The maximum Gasteiger partial charge on any atom is 0.281 e. The molecule has 128 valence electrons. The lowest BCUT2D eigenvalue weighted by Gasteiger charge is -2.41. The van der Waals surface area contributed by atoms with Crippen LogP contribution in [0.2, 0.25) is 0 Å². The Balaban J connectivity index is 2.01. The van der Waals surface area contributed by atoms with Crippen LogP contribution in [0.3, 0.4) is 0 Å². The number of nitrogens with one attached hydrogen (secondary N) is 1. The average Bonchev–Trinajstić information content (AvgIpc) is 2.53. The molecule has 0 radical (unpaired) electrons. The Bertz CT molecular complexity index is 484. The maximum absolute atomic E-state index is 12.6. The highest BCUT2D eigenvalue weighted by Crippen LogP contribution is 2.20. The molecule has 0 bridgehead atoms. The molecule has 2 heterocycles. The van der Waals surface area contributed by atoms with E-state index < -0.39 is 10.2 Å². The number of carbonyl (C=O) groups excluding carboxylic acids is 1. The van der Waals surface area contributed by atoms with Crippen LogP contribution in [0.15, 0.2) is 0 Å². The third-order valence-electron chi connectivity index (χ3n) is 4.26. The number of amides is 1. The van der Waals surface area contributed by atoms with Crippen LogP contribution in [-0.4, -0.2) is 93.9 Å². The first-order valence-electron chi connectivity index (χ1n) is 7.67. The number of ether oxygens (including phenoxy) is 1. The normalized spacial score (nSPS) is 25.0. The number of nitrogens with zero attached hydrogens (tertiary/aromatic N) is 3. The lowest BCUT2D eigenvalue weighted by atomic mass is 10.1. The number of hydrogen-bond donors (Lipinski definition) is 1. The Morgan fingerprint density at radius 1 is 1.41 bits per heavy atom. The molecule has 1 unspecified atom stereocenters. The van der Waals surface area contributed by atoms with Crippen molar-refractivity contribution >= 4 is 16.1 Å². The molecule has 1 amide bonds. The minimum Gasteiger partial charge on any atom is -0.383 e. The molecule has 2 aliphatic heterocycles. The maximum atomic E-state index is 12.6. The summed E-state index contributed by atoms with van der Waals surface area (Å²) in [4.78, 5) is 13.8. The van der Waals surface area contributed by atoms with Gasteiger partial charge in [0.05, 0.1) is 13.2 Å². The van der Waals surface area contributed by atoms with Crippen molar-refractivity contribution in [2.45, 2.75) is 18.9 Å². The topological polar surface area (TPSA) is 82.2 Å². The Kier molecular flexibility index (Phi) is 6.16. The van der Waals surface area contributed by atoms with Gasteiger partial charge in [-0.3, -0.25) is 4.79 Å². The summed E-state index contributed by atoms with van der Waals surface area (Å²) in [6.07, 6.45) is 1.64. The molecule has 1 N–H and O–H groups in total. The Morgan fingerprint density at radius 3 is 2.86 bits per heavy atom. The van der Waals surface area contributed by atoms with Crippen LogP contribution in [-0.2, 0) is 19.7 Å². The molecule has 0 aromatic rings. The zero-order valence-electron chi connectivity index (χ0n) is 13.3. The van der Waals surface area contributed by atoms with Gasteiger partial charge in [-0.1, -0.05) is 0 Å². The van der Waals surface area contributed by atoms with Crippen molar-refractivity contribution in [3.8, 4) is 0 Å². The molecule has 9 heteroatoms. The highest BCUT2D eigenvalue weighted by molar-refractivity contribution is 7.86. The van der Waals surface area contributed by atoms with E-state index in [1.807, 2.05) is 4.90 Å². The summed E-state index contributed by atoms with van der Waals surface area (Å²) in [5, 5.41) is 3.04. The highest BCUT2D eigenvalue weighted by Gasteiger charge is 2.35. The molecule has 0 saturated carbocycles. The van der Waals surface area contributed by atoms with E-state index >= 15 is 0 Å². The molecule has 8 nitrogen and oxygen atoms in total. The van der Waals surface area contributed by atoms with Gasteiger partial charge in [-0.15, -0.1) is 0 Å². The van der Waals surface area contributed by atoms with E-state index in [2.05, 4.69) is 5.32 Å². The second kappa shape index (κ2) is 7.69. The van der Waals surface area contributed by atoms with Crippen molar-refractivity contribution in [1.29, 1.82) is 0 Å². The number of hydrogen-bond acceptors (Lipinski definition) is 5. The summed E-state index contributed by atoms with van der Waals surface area (Å²) < 4.78 is 32.9. The van der Waals surface area contributed by atoms with E-state index in [0.29, 0.717) is 39.3 Å². The number of methoxy groups -OCH3 is 1. The number of likely N-dealkylation sites (N-methyl/N-ethyl adjacent to an activating group) is 1. The van der Waals surface area contributed by atoms with E-state index in [1.54, 1.807) is 14.2 Å². The van der Waals surface area contributed by atoms with E-state index in [4.69, 9.17) is 4.74 Å². The molecule has 2 fully saturated rings. The summed E-state index contributed by atoms with van der Waals surface area (Å²) in [6.45, 7) is 3.34. The molecule has 0 aromatic heterocycles. The third kappa shape index (κ3) is 3.96. The van der Waals surface area contributed by atoms with Gasteiger partial charge in [-0.2, -0.15) is 17.0 Å². The van der Waals surface area contributed by atoms with Crippen LogP contribution in [0.1, 0.15) is 12.8 Å². The fraction of sp³-hybridized carbons (Fsp3) is 0.923. The van der Waals surface area contributed by atoms with Gasteiger partial charge in [0.2, 0.25) is 5.91 Å². The first-order valence-corrected chi connectivity index (χ1v) is 9.07. The Morgan fingerprint density at radius 2 is 2.18 bits per heavy atom. The minimum absolute atomic E-state index is 0.0195. The van der Waals surface area contributed by atoms with Crippen molar-refractivity contribution in [1.82, 2.24) is 18.8 Å². The zero-order chi connectivity index (χ0) is 16.2. The lowest BCUT2D eigenvalue weighted by Crippen LogP contribution is -2.58. The standard InChI is InChI=1S/C13H26N4O4S/c1-15(8-9-21-2)22(19,20)16-6-3-4-12(11-16)17-7-5-14-10-13(17)18/h12,14H,3-11H2,1-2H3. The fourth-order valence-corrected chi connectivity index (χ4v) is 4.34. The molecule has 0 aromatic carbocycles. The SMILES string of the molecule is COCCN(C)S(=O)(=O)N1CCCC(N2CCNCC2=O)C1.